The Kier molecular flexibility index (Phi) is 3.73. The van der Waals surface area contributed by atoms with Crippen molar-refractivity contribution in [3.8, 4) is 0 Å². The molecule has 20 heavy (non-hydrogen) atoms. The molecule has 1 atom stereocenters. The van der Waals surface area contributed by atoms with E-state index >= 15 is 0 Å². The smallest absolute Gasteiger partial charge is 0.392 e. The van der Waals surface area contributed by atoms with Crippen LogP contribution in [0.1, 0.15) is 24.3 Å². The fourth-order valence-corrected chi connectivity index (χ4v) is 2.25. The van der Waals surface area contributed by atoms with E-state index in [1.807, 2.05) is 0 Å². The van der Waals surface area contributed by atoms with Crippen LogP contribution in [0.25, 0.3) is 0 Å². The second kappa shape index (κ2) is 5.05. The van der Waals surface area contributed by atoms with E-state index < -0.39 is 23.5 Å². The molecule has 1 saturated carbocycles. The monoisotopic (exact) mass is 302 g/mol. The molecule has 1 aliphatic rings. The topological polar surface area (TPSA) is 55.1 Å². The zero-order chi connectivity index (χ0) is 15.0. The zero-order valence-corrected chi connectivity index (χ0v) is 11.2. The lowest BCUT2D eigenvalue weighted by molar-refractivity contribution is -0.170. The molecule has 108 valence electrons. The first kappa shape index (κ1) is 14.8. The van der Waals surface area contributed by atoms with Crippen LogP contribution in [0.3, 0.4) is 0 Å². The van der Waals surface area contributed by atoms with Gasteiger partial charge in [-0.15, -0.1) is 0 Å². The van der Waals surface area contributed by atoms with E-state index in [4.69, 9.17) is 18.0 Å². The third-order valence-electron chi connectivity index (χ3n) is 3.33. The van der Waals surface area contributed by atoms with Crippen molar-refractivity contribution in [2.24, 2.45) is 5.73 Å². The molecule has 3 N–H and O–H groups in total. The van der Waals surface area contributed by atoms with Crippen molar-refractivity contribution in [3.05, 3.63) is 35.9 Å². The van der Waals surface area contributed by atoms with Gasteiger partial charge < -0.3 is 11.1 Å². The van der Waals surface area contributed by atoms with Gasteiger partial charge in [-0.25, -0.2) is 0 Å². The maximum absolute atomic E-state index is 12.8. The number of carbonyl (C=O) groups is 1. The maximum atomic E-state index is 12.8. The number of thiocarbonyl (C=S) groups is 1. The minimum atomic E-state index is -4.46. The van der Waals surface area contributed by atoms with Gasteiger partial charge in [0.15, 0.2) is 0 Å². The van der Waals surface area contributed by atoms with E-state index in [0.717, 1.165) is 0 Å². The average molecular weight is 302 g/mol. The number of carbonyl (C=O) groups excluding carboxylic acids is 1. The summed E-state index contributed by atoms with van der Waals surface area (Å²) in [6, 6.07) is 8.29. The molecular formula is C13H13F3N2OS. The van der Waals surface area contributed by atoms with Gasteiger partial charge in [-0.2, -0.15) is 13.2 Å². The summed E-state index contributed by atoms with van der Waals surface area (Å²) in [7, 11) is 0. The Hall–Kier alpha value is -1.63. The molecule has 2 rings (SSSR count). The summed E-state index contributed by atoms with van der Waals surface area (Å²) in [4.78, 5) is 12.0. The van der Waals surface area contributed by atoms with Crippen LogP contribution in [0, 0.1) is 0 Å². The molecule has 3 nitrogen and oxygen atoms in total. The molecular weight excluding hydrogens is 289 g/mol. The van der Waals surface area contributed by atoms with E-state index in [-0.39, 0.29) is 17.8 Å². The molecule has 1 aromatic rings. The van der Waals surface area contributed by atoms with Gasteiger partial charge in [-0.3, -0.25) is 4.79 Å². The number of alkyl halides is 3. The molecule has 1 aliphatic carbocycles. The summed E-state index contributed by atoms with van der Waals surface area (Å²) < 4.78 is 38.5. The van der Waals surface area contributed by atoms with Gasteiger partial charge in [0, 0.05) is 0 Å². The number of halogens is 3. The first-order chi connectivity index (χ1) is 9.27. The Labute approximate surface area is 119 Å². The van der Waals surface area contributed by atoms with Crippen molar-refractivity contribution < 1.29 is 18.0 Å². The molecule has 0 radical (unpaired) electrons. The third kappa shape index (κ3) is 2.77. The quantitative estimate of drug-likeness (QED) is 0.839. The highest BCUT2D eigenvalue weighted by Crippen LogP contribution is 2.49. The van der Waals surface area contributed by atoms with Crippen LogP contribution in [0.2, 0.25) is 0 Å². The third-order valence-corrected chi connectivity index (χ3v) is 3.57. The number of benzene rings is 1. The summed E-state index contributed by atoms with van der Waals surface area (Å²) in [5, 5.41) is 2.06. The predicted molar refractivity (Wildman–Crippen MR) is 72.1 cm³/mol. The van der Waals surface area contributed by atoms with Crippen molar-refractivity contribution in [1.29, 1.82) is 0 Å². The van der Waals surface area contributed by atoms with E-state index in [0.29, 0.717) is 5.56 Å². The predicted octanol–water partition coefficient (Wildman–Crippen LogP) is 2.27. The fraction of sp³-hybridized carbons (Fsp3) is 0.385. The summed E-state index contributed by atoms with van der Waals surface area (Å²) in [5.41, 5.74) is 3.88. The Morgan fingerprint density at radius 3 is 2.25 bits per heavy atom. The van der Waals surface area contributed by atoms with Crippen LogP contribution in [-0.4, -0.2) is 22.6 Å². The molecule has 0 heterocycles. The molecule has 0 aromatic heterocycles. The van der Waals surface area contributed by atoms with Gasteiger partial charge in [0.05, 0.1) is 4.99 Å². The summed E-state index contributed by atoms with van der Waals surface area (Å²) in [5.74, 6) is -1.86. The summed E-state index contributed by atoms with van der Waals surface area (Å²) >= 11 is 4.81. The number of nitrogens with two attached hydrogens (primary N) is 1. The second-order valence-corrected chi connectivity index (χ2v) is 5.29. The SMILES string of the molecule is NC(=S)C(C(=O)NC1(C(F)(F)F)CC1)c1ccccc1. The molecule has 7 heteroatoms. The highest BCUT2D eigenvalue weighted by atomic mass is 32.1. The number of hydrogen-bond donors (Lipinski definition) is 2. The highest BCUT2D eigenvalue weighted by Gasteiger charge is 2.64. The molecule has 0 saturated heterocycles. The van der Waals surface area contributed by atoms with Crippen molar-refractivity contribution in [3.63, 3.8) is 0 Å². The zero-order valence-electron chi connectivity index (χ0n) is 10.4. The van der Waals surface area contributed by atoms with Crippen molar-refractivity contribution in [2.75, 3.05) is 0 Å². The Morgan fingerprint density at radius 2 is 1.85 bits per heavy atom. The second-order valence-electron chi connectivity index (χ2n) is 4.82. The van der Waals surface area contributed by atoms with E-state index in [9.17, 15) is 18.0 Å². The van der Waals surface area contributed by atoms with Crippen LogP contribution < -0.4 is 11.1 Å². The lowest BCUT2D eigenvalue weighted by Gasteiger charge is -2.24. The van der Waals surface area contributed by atoms with Crippen molar-refractivity contribution in [2.45, 2.75) is 30.5 Å². The Morgan fingerprint density at radius 1 is 1.30 bits per heavy atom. The molecule has 1 amide bonds. The van der Waals surface area contributed by atoms with Crippen LogP contribution >= 0.6 is 12.2 Å². The van der Waals surface area contributed by atoms with Gasteiger partial charge in [0.25, 0.3) is 0 Å². The first-order valence-electron chi connectivity index (χ1n) is 6.00. The lowest BCUT2D eigenvalue weighted by Crippen LogP contribution is -2.50. The molecule has 1 fully saturated rings. The van der Waals surface area contributed by atoms with Gasteiger partial charge in [-0.1, -0.05) is 42.5 Å². The maximum Gasteiger partial charge on any atom is 0.411 e. The normalized spacial score (nSPS) is 18.1. The van der Waals surface area contributed by atoms with Crippen molar-refractivity contribution in [1.82, 2.24) is 5.32 Å². The van der Waals surface area contributed by atoms with Crippen LogP contribution in [0.15, 0.2) is 30.3 Å². The molecule has 0 bridgehead atoms. The largest absolute Gasteiger partial charge is 0.411 e. The number of amides is 1. The molecule has 0 spiro atoms. The van der Waals surface area contributed by atoms with E-state index in [2.05, 4.69) is 5.32 Å². The number of rotatable bonds is 4. The summed E-state index contributed by atoms with van der Waals surface area (Å²) in [6.07, 6.45) is -4.68. The van der Waals surface area contributed by atoms with E-state index in [1.54, 1.807) is 30.3 Å². The van der Waals surface area contributed by atoms with Gasteiger partial charge in [0.2, 0.25) is 5.91 Å². The lowest BCUT2D eigenvalue weighted by atomic mass is 9.97. The highest BCUT2D eigenvalue weighted by molar-refractivity contribution is 7.80. The van der Waals surface area contributed by atoms with E-state index in [1.165, 1.54) is 0 Å². The summed E-state index contributed by atoms with van der Waals surface area (Å²) in [6.45, 7) is 0. The average Bonchev–Trinajstić information content (AvgIpc) is 3.10. The molecule has 1 aromatic carbocycles. The fourth-order valence-electron chi connectivity index (χ4n) is 2.00. The molecule has 0 aliphatic heterocycles. The van der Waals surface area contributed by atoms with Gasteiger partial charge >= 0.3 is 6.18 Å². The van der Waals surface area contributed by atoms with Crippen LogP contribution in [0.4, 0.5) is 13.2 Å². The van der Waals surface area contributed by atoms with Gasteiger partial charge in [0.1, 0.15) is 11.5 Å². The van der Waals surface area contributed by atoms with Gasteiger partial charge in [-0.05, 0) is 18.4 Å². The van der Waals surface area contributed by atoms with Crippen molar-refractivity contribution >= 4 is 23.1 Å². The minimum Gasteiger partial charge on any atom is -0.392 e. The number of hydrogen-bond acceptors (Lipinski definition) is 2. The van der Waals surface area contributed by atoms with Crippen LogP contribution in [-0.2, 0) is 4.79 Å². The van der Waals surface area contributed by atoms with Crippen LogP contribution in [0.5, 0.6) is 0 Å². The first-order valence-corrected chi connectivity index (χ1v) is 6.41. The Balaban J connectivity index is 2.20. The standard InChI is InChI=1S/C13H13F3N2OS/c14-13(15,16)12(6-7-12)18-11(19)9(10(17)20)8-4-2-1-3-5-8/h1-5,9H,6-7H2,(H2,17,20)(H,18,19). The molecule has 1 unspecified atom stereocenters. The number of nitrogens with one attached hydrogen (secondary N) is 1. The Bertz CT molecular complexity index is 526. The minimum absolute atomic E-state index is 0.110.